The fourth-order valence-corrected chi connectivity index (χ4v) is 2.62. The predicted molar refractivity (Wildman–Crippen MR) is 105 cm³/mol. The van der Waals surface area contributed by atoms with E-state index in [-0.39, 0.29) is 5.91 Å². The second-order valence-corrected chi connectivity index (χ2v) is 6.11. The number of pyridine rings is 1. The zero-order valence-corrected chi connectivity index (χ0v) is 16.0. The number of ether oxygens (including phenoxy) is 2. The van der Waals surface area contributed by atoms with Gasteiger partial charge < -0.3 is 20.1 Å². The first-order chi connectivity index (χ1) is 12.6. The number of nitrogens with one attached hydrogen (secondary N) is 2. The van der Waals surface area contributed by atoms with Gasteiger partial charge in [0.15, 0.2) is 0 Å². The van der Waals surface area contributed by atoms with Crippen molar-refractivity contribution >= 4 is 28.9 Å². The van der Waals surface area contributed by atoms with Crippen LogP contribution in [0.15, 0.2) is 30.5 Å². The van der Waals surface area contributed by atoms with E-state index in [1.807, 2.05) is 6.07 Å². The topological polar surface area (TPSA) is 72.5 Å². The second kappa shape index (κ2) is 9.87. The normalized spacial score (nSPS) is 10.3. The molecule has 0 aliphatic rings. The van der Waals surface area contributed by atoms with Gasteiger partial charge in [-0.25, -0.2) is 4.98 Å². The number of aromatic nitrogens is 1. The number of benzene rings is 1. The molecule has 6 nitrogen and oxygen atoms in total. The van der Waals surface area contributed by atoms with Gasteiger partial charge in [-0.3, -0.25) is 4.79 Å². The Balaban J connectivity index is 2.05. The molecule has 140 valence electrons. The number of carbonyl (C=O) groups excluding carboxylic acids is 1. The Morgan fingerprint density at radius 3 is 2.54 bits per heavy atom. The molecule has 0 spiro atoms. The van der Waals surface area contributed by atoms with Gasteiger partial charge in [0.1, 0.15) is 17.2 Å². The van der Waals surface area contributed by atoms with E-state index in [2.05, 4.69) is 22.5 Å². The number of halogens is 1. The number of nitrogens with zero attached hydrogens (tertiary/aromatic N) is 1. The number of hydrogen-bond donors (Lipinski definition) is 2. The molecule has 0 bridgehead atoms. The van der Waals surface area contributed by atoms with Crippen molar-refractivity contribution in [2.45, 2.75) is 26.2 Å². The van der Waals surface area contributed by atoms with E-state index in [0.717, 1.165) is 18.7 Å². The van der Waals surface area contributed by atoms with Crippen LogP contribution < -0.4 is 20.1 Å². The van der Waals surface area contributed by atoms with Crippen LogP contribution in [-0.2, 0) is 0 Å². The number of rotatable bonds is 9. The number of hydrogen-bond acceptors (Lipinski definition) is 5. The van der Waals surface area contributed by atoms with Crippen molar-refractivity contribution in [2.75, 3.05) is 31.4 Å². The first-order valence-electron chi connectivity index (χ1n) is 8.51. The molecule has 7 heteroatoms. The van der Waals surface area contributed by atoms with Gasteiger partial charge in [-0.05, 0) is 18.6 Å². The molecule has 1 heterocycles. The first-order valence-corrected chi connectivity index (χ1v) is 8.89. The zero-order valence-electron chi connectivity index (χ0n) is 15.3. The summed E-state index contributed by atoms with van der Waals surface area (Å²) < 4.78 is 10.4. The number of methoxy groups -OCH3 is 2. The Bertz CT molecular complexity index is 736. The molecule has 1 aromatic carbocycles. The van der Waals surface area contributed by atoms with E-state index in [1.165, 1.54) is 27.1 Å². The highest BCUT2D eigenvalue weighted by atomic mass is 35.5. The molecule has 1 aromatic heterocycles. The molecule has 0 saturated heterocycles. The number of unbranched alkanes of at least 4 members (excludes halogenated alkanes) is 2. The van der Waals surface area contributed by atoms with Gasteiger partial charge in [-0.1, -0.05) is 31.4 Å². The SMILES string of the molecule is CCCCCNc1ccc(C(=O)Nc2cc(OC)c(Cl)cc2OC)nc1. The molecule has 0 saturated carbocycles. The van der Waals surface area contributed by atoms with Crippen LogP contribution in [0.2, 0.25) is 5.02 Å². The average Bonchev–Trinajstić information content (AvgIpc) is 2.66. The summed E-state index contributed by atoms with van der Waals surface area (Å²) in [5.41, 5.74) is 1.66. The minimum atomic E-state index is -0.342. The van der Waals surface area contributed by atoms with E-state index in [0.29, 0.717) is 27.9 Å². The molecule has 2 rings (SSSR count). The van der Waals surface area contributed by atoms with Gasteiger partial charge in [0.25, 0.3) is 5.91 Å². The van der Waals surface area contributed by atoms with Crippen LogP contribution in [0.1, 0.15) is 36.7 Å². The van der Waals surface area contributed by atoms with Crippen molar-refractivity contribution in [3.63, 3.8) is 0 Å². The third kappa shape index (κ3) is 5.26. The zero-order chi connectivity index (χ0) is 18.9. The minimum Gasteiger partial charge on any atom is -0.495 e. The van der Waals surface area contributed by atoms with Crippen molar-refractivity contribution in [3.8, 4) is 11.5 Å². The molecule has 0 atom stereocenters. The summed E-state index contributed by atoms with van der Waals surface area (Å²) >= 11 is 6.08. The highest BCUT2D eigenvalue weighted by Crippen LogP contribution is 2.36. The smallest absolute Gasteiger partial charge is 0.274 e. The quantitative estimate of drug-likeness (QED) is 0.624. The lowest BCUT2D eigenvalue weighted by Gasteiger charge is -2.13. The van der Waals surface area contributed by atoms with Crippen LogP contribution in [0.5, 0.6) is 11.5 Å². The van der Waals surface area contributed by atoms with Gasteiger partial charge in [0, 0.05) is 18.7 Å². The first kappa shape index (κ1) is 19.8. The van der Waals surface area contributed by atoms with Crippen molar-refractivity contribution < 1.29 is 14.3 Å². The van der Waals surface area contributed by atoms with Crippen molar-refractivity contribution in [1.29, 1.82) is 0 Å². The van der Waals surface area contributed by atoms with E-state index in [1.54, 1.807) is 24.4 Å². The lowest BCUT2D eigenvalue weighted by Crippen LogP contribution is -2.14. The Morgan fingerprint density at radius 1 is 1.15 bits per heavy atom. The van der Waals surface area contributed by atoms with Crippen LogP contribution in [0.3, 0.4) is 0 Å². The maximum atomic E-state index is 12.5. The van der Waals surface area contributed by atoms with E-state index < -0.39 is 0 Å². The number of anilines is 2. The Kier molecular flexibility index (Phi) is 7.53. The second-order valence-electron chi connectivity index (χ2n) is 5.71. The summed E-state index contributed by atoms with van der Waals surface area (Å²) in [5, 5.41) is 6.46. The van der Waals surface area contributed by atoms with Gasteiger partial charge >= 0.3 is 0 Å². The van der Waals surface area contributed by atoms with Crippen molar-refractivity contribution in [2.24, 2.45) is 0 Å². The number of amides is 1. The third-order valence-electron chi connectivity index (χ3n) is 3.83. The summed E-state index contributed by atoms with van der Waals surface area (Å²) in [7, 11) is 3.01. The highest BCUT2D eigenvalue weighted by molar-refractivity contribution is 6.32. The molecule has 0 aliphatic heterocycles. The molecule has 2 aromatic rings. The van der Waals surface area contributed by atoms with Gasteiger partial charge in [0.2, 0.25) is 0 Å². The van der Waals surface area contributed by atoms with Gasteiger partial charge in [0.05, 0.1) is 36.8 Å². The lowest BCUT2D eigenvalue weighted by atomic mass is 10.2. The van der Waals surface area contributed by atoms with E-state index in [4.69, 9.17) is 21.1 Å². The summed E-state index contributed by atoms with van der Waals surface area (Å²) in [6.45, 7) is 3.06. The summed E-state index contributed by atoms with van der Waals surface area (Å²) in [6, 6.07) is 6.72. The Morgan fingerprint density at radius 2 is 1.92 bits per heavy atom. The summed E-state index contributed by atoms with van der Waals surface area (Å²) in [4.78, 5) is 16.7. The maximum absolute atomic E-state index is 12.5. The predicted octanol–water partition coefficient (Wildman–Crippen LogP) is 4.61. The maximum Gasteiger partial charge on any atom is 0.274 e. The Hall–Kier alpha value is -2.47. The monoisotopic (exact) mass is 377 g/mol. The largest absolute Gasteiger partial charge is 0.495 e. The molecular weight excluding hydrogens is 354 g/mol. The Labute approximate surface area is 158 Å². The van der Waals surface area contributed by atoms with E-state index >= 15 is 0 Å². The molecule has 26 heavy (non-hydrogen) atoms. The average molecular weight is 378 g/mol. The van der Waals surface area contributed by atoms with E-state index in [9.17, 15) is 4.79 Å². The minimum absolute atomic E-state index is 0.306. The number of carbonyl (C=O) groups is 1. The third-order valence-corrected chi connectivity index (χ3v) is 4.12. The van der Waals surface area contributed by atoms with Crippen LogP contribution in [-0.4, -0.2) is 31.7 Å². The summed E-state index contributed by atoms with van der Waals surface area (Å²) in [5.74, 6) is 0.547. The van der Waals surface area contributed by atoms with Crippen LogP contribution in [0, 0.1) is 0 Å². The lowest BCUT2D eigenvalue weighted by molar-refractivity contribution is 0.102. The van der Waals surface area contributed by atoms with Crippen LogP contribution in [0.25, 0.3) is 0 Å². The fourth-order valence-electron chi connectivity index (χ4n) is 2.38. The molecule has 0 fully saturated rings. The van der Waals surface area contributed by atoms with Gasteiger partial charge in [-0.2, -0.15) is 0 Å². The fraction of sp³-hybridized carbons (Fsp3) is 0.368. The van der Waals surface area contributed by atoms with Crippen LogP contribution >= 0.6 is 11.6 Å². The standard InChI is InChI=1S/C19H24ClN3O3/c1-4-5-6-9-21-13-7-8-15(22-12-13)19(24)23-16-11-17(25-2)14(20)10-18(16)26-3/h7-8,10-12,21H,4-6,9H2,1-3H3,(H,23,24). The van der Waals surface area contributed by atoms with Crippen molar-refractivity contribution in [1.82, 2.24) is 4.98 Å². The molecule has 0 radical (unpaired) electrons. The molecule has 2 N–H and O–H groups in total. The molecular formula is C19H24ClN3O3. The molecule has 0 aliphatic carbocycles. The van der Waals surface area contributed by atoms with Crippen molar-refractivity contribution in [3.05, 3.63) is 41.2 Å². The molecule has 1 amide bonds. The van der Waals surface area contributed by atoms with Crippen LogP contribution in [0.4, 0.5) is 11.4 Å². The molecule has 0 unspecified atom stereocenters. The summed E-state index contributed by atoms with van der Waals surface area (Å²) in [6.07, 6.45) is 5.13. The van der Waals surface area contributed by atoms with Gasteiger partial charge in [-0.15, -0.1) is 0 Å². The highest BCUT2D eigenvalue weighted by Gasteiger charge is 2.14.